The topological polar surface area (TPSA) is 84.0 Å². The van der Waals surface area contributed by atoms with Gasteiger partial charge in [-0.3, -0.25) is 9.59 Å². The van der Waals surface area contributed by atoms with E-state index in [4.69, 9.17) is 0 Å². The third-order valence-corrected chi connectivity index (χ3v) is 4.29. The van der Waals surface area contributed by atoms with Crippen molar-refractivity contribution in [3.63, 3.8) is 0 Å². The fraction of sp³-hybridized carbons (Fsp3) is 0.429. The van der Waals surface area contributed by atoms with E-state index in [0.29, 0.717) is 5.92 Å². The van der Waals surface area contributed by atoms with Gasteiger partial charge >= 0.3 is 0 Å². The van der Waals surface area contributed by atoms with Crippen LogP contribution in [0, 0.1) is 11.7 Å². The first-order valence-corrected chi connectivity index (χ1v) is 9.51. The molecule has 2 amide bonds. The number of nitrogens with zero attached hydrogens (tertiary/aromatic N) is 2. The number of hydrogen-bond donors (Lipinski definition) is 2. The number of hydrogen-bond acceptors (Lipinski definition) is 4. The quantitative estimate of drug-likeness (QED) is 0.691. The highest BCUT2D eigenvalue weighted by Crippen LogP contribution is 2.10. The van der Waals surface area contributed by atoms with E-state index in [-0.39, 0.29) is 29.8 Å². The summed E-state index contributed by atoms with van der Waals surface area (Å²) in [5, 5.41) is 5.57. The zero-order valence-electron chi connectivity index (χ0n) is 16.5. The summed E-state index contributed by atoms with van der Waals surface area (Å²) in [4.78, 5) is 33.1. The number of carbonyl (C=O) groups is 2. The van der Waals surface area contributed by atoms with E-state index in [1.54, 1.807) is 12.1 Å². The molecule has 1 aromatic heterocycles. The van der Waals surface area contributed by atoms with Gasteiger partial charge in [-0.05, 0) is 37.0 Å². The van der Waals surface area contributed by atoms with Crippen molar-refractivity contribution < 1.29 is 14.0 Å². The summed E-state index contributed by atoms with van der Waals surface area (Å²) in [6.45, 7) is 6.46. The Kier molecular flexibility index (Phi) is 8.04. The smallest absolute Gasteiger partial charge is 0.272 e. The summed E-state index contributed by atoms with van der Waals surface area (Å²) in [5.41, 5.74) is 0.703. The normalized spacial score (nSPS) is 11.9. The summed E-state index contributed by atoms with van der Waals surface area (Å²) in [7, 11) is 0. The van der Waals surface area contributed by atoms with E-state index in [9.17, 15) is 14.0 Å². The highest BCUT2D eigenvalue weighted by molar-refractivity contribution is 6.04. The van der Waals surface area contributed by atoms with Crippen molar-refractivity contribution in [2.75, 3.05) is 0 Å². The number of rotatable bonds is 9. The molecule has 1 unspecified atom stereocenters. The van der Waals surface area contributed by atoms with Gasteiger partial charge in [0.25, 0.3) is 11.8 Å². The fourth-order valence-electron chi connectivity index (χ4n) is 2.74. The minimum absolute atomic E-state index is 0.00480. The van der Waals surface area contributed by atoms with Crippen LogP contribution in [0.2, 0.25) is 0 Å². The Morgan fingerprint density at radius 2 is 1.57 bits per heavy atom. The highest BCUT2D eigenvalue weighted by atomic mass is 19.1. The average molecular weight is 386 g/mol. The van der Waals surface area contributed by atoms with Crippen LogP contribution in [0.3, 0.4) is 0 Å². The molecule has 2 N–H and O–H groups in total. The third kappa shape index (κ3) is 6.72. The van der Waals surface area contributed by atoms with Crippen molar-refractivity contribution >= 4 is 11.8 Å². The standard InChI is InChI=1S/C21H27FN4O2/c1-14(2)5-4-6-15(3)26-21(28)19-18(23-11-12-24-19)20(27)25-13-16-7-9-17(22)10-8-16/h7-12,14-15H,4-6,13H2,1-3H3,(H,25,27)(H,26,28). The lowest BCUT2D eigenvalue weighted by atomic mass is 10.0. The first kappa shape index (κ1) is 21.5. The van der Waals surface area contributed by atoms with E-state index in [0.717, 1.165) is 24.8 Å². The van der Waals surface area contributed by atoms with Crippen LogP contribution in [-0.4, -0.2) is 27.8 Å². The molecule has 0 bridgehead atoms. The molecule has 1 heterocycles. The van der Waals surface area contributed by atoms with Gasteiger partial charge in [-0.2, -0.15) is 0 Å². The Bertz CT molecular complexity index is 793. The highest BCUT2D eigenvalue weighted by Gasteiger charge is 2.21. The van der Waals surface area contributed by atoms with Gasteiger partial charge in [0.05, 0.1) is 0 Å². The number of amides is 2. The number of aromatic nitrogens is 2. The van der Waals surface area contributed by atoms with Crippen molar-refractivity contribution in [2.45, 2.75) is 52.6 Å². The van der Waals surface area contributed by atoms with Gasteiger partial charge in [-0.15, -0.1) is 0 Å². The van der Waals surface area contributed by atoms with E-state index in [1.165, 1.54) is 24.5 Å². The molecule has 150 valence electrons. The van der Waals surface area contributed by atoms with Crippen LogP contribution in [0.25, 0.3) is 0 Å². The summed E-state index contributed by atoms with van der Waals surface area (Å²) in [6, 6.07) is 5.79. The maximum absolute atomic E-state index is 13.0. The molecule has 1 aromatic carbocycles. The number of benzene rings is 1. The predicted octanol–water partition coefficient (Wildman–Crippen LogP) is 3.49. The van der Waals surface area contributed by atoms with Crippen LogP contribution >= 0.6 is 0 Å². The van der Waals surface area contributed by atoms with Gasteiger partial charge in [-0.25, -0.2) is 14.4 Å². The number of carbonyl (C=O) groups excluding carboxylic acids is 2. The maximum Gasteiger partial charge on any atom is 0.272 e. The summed E-state index contributed by atoms with van der Waals surface area (Å²) >= 11 is 0. The van der Waals surface area contributed by atoms with Crippen LogP contribution in [-0.2, 0) is 6.54 Å². The van der Waals surface area contributed by atoms with Gasteiger partial charge in [0, 0.05) is 25.0 Å². The Labute approximate surface area is 165 Å². The molecule has 0 spiro atoms. The Hall–Kier alpha value is -2.83. The van der Waals surface area contributed by atoms with E-state index >= 15 is 0 Å². The van der Waals surface area contributed by atoms with E-state index < -0.39 is 11.8 Å². The van der Waals surface area contributed by atoms with Crippen molar-refractivity contribution in [1.82, 2.24) is 20.6 Å². The second kappa shape index (κ2) is 10.5. The number of nitrogens with one attached hydrogen (secondary N) is 2. The van der Waals surface area contributed by atoms with E-state index in [2.05, 4.69) is 34.4 Å². The first-order chi connectivity index (χ1) is 13.4. The van der Waals surface area contributed by atoms with Crippen molar-refractivity contribution in [2.24, 2.45) is 5.92 Å². The van der Waals surface area contributed by atoms with Gasteiger partial charge < -0.3 is 10.6 Å². The zero-order valence-corrected chi connectivity index (χ0v) is 16.5. The molecule has 28 heavy (non-hydrogen) atoms. The fourth-order valence-corrected chi connectivity index (χ4v) is 2.74. The molecule has 0 aliphatic heterocycles. The molecule has 0 aliphatic rings. The molecule has 0 saturated heterocycles. The average Bonchev–Trinajstić information content (AvgIpc) is 2.67. The Balaban J connectivity index is 1.97. The SMILES string of the molecule is CC(C)CCCC(C)NC(=O)c1nccnc1C(=O)NCc1ccc(F)cc1. The molecule has 6 nitrogen and oxygen atoms in total. The first-order valence-electron chi connectivity index (χ1n) is 9.51. The summed E-state index contributed by atoms with van der Waals surface area (Å²) in [6.07, 6.45) is 5.73. The molecule has 2 rings (SSSR count). The second-order valence-corrected chi connectivity index (χ2v) is 7.26. The van der Waals surface area contributed by atoms with Gasteiger partial charge in [0.2, 0.25) is 0 Å². The molecule has 0 aliphatic carbocycles. The molecule has 0 radical (unpaired) electrons. The second-order valence-electron chi connectivity index (χ2n) is 7.26. The molecular formula is C21H27FN4O2. The van der Waals surface area contributed by atoms with Crippen LogP contribution in [0.5, 0.6) is 0 Å². The van der Waals surface area contributed by atoms with Crippen molar-refractivity contribution in [3.8, 4) is 0 Å². The van der Waals surface area contributed by atoms with Gasteiger partial charge in [-0.1, -0.05) is 38.8 Å². The van der Waals surface area contributed by atoms with Gasteiger partial charge in [0.1, 0.15) is 5.82 Å². The summed E-state index contributed by atoms with van der Waals surface area (Å²) in [5.74, 6) is -0.642. The molecular weight excluding hydrogens is 359 g/mol. The predicted molar refractivity (Wildman–Crippen MR) is 105 cm³/mol. The minimum Gasteiger partial charge on any atom is -0.348 e. The Morgan fingerprint density at radius 3 is 2.18 bits per heavy atom. The van der Waals surface area contributed by atoms with Crippen molar-refractivity contribution in [3.05, 3.63) is 59.4 Å². The molecule has 2 aromatic rings. The zero-order chi connectivity index (χ0) is 20.5. The largest absolute Gasteiger partial charge is 0.348 e. The lowest BCUT2D eigenvalue weighted by Gasteiger charge is -2.15. The van der Waals surface area contributed by atoms with Crippen LogP contribution in [0.4, 0.5) is 4.39 Å². The lowest BCUT2D eigenvalue weighted by Crippen LogP contribution is -2.36. The minimum atomic E-state index is -0.505. The Morgan fingerprint density at radius 1 is 0.964 bits per heavy atom. The van der Waals surface area contributed by atoms with Crippen LogP contribution in [0.15, 0.2) is 36.7 Å². The molecule has 1 atom stereocenters. The lowest BCUT2D eigenvalue weighted by molar-refractivity contribution is 0.0901. The maximum atomic E-state index is 13.0. The monoisotopic (exact) mass is 386 g/mol. The van der Waals surface area contributed by atoms with Crippen LogP contribution in [0.1, 0.15) is 66.6 Å². The van der Waals surface area contributed by atoms with Crippen LogP contribution < -0.4 is 10.6 Å². The van der Waals surface area contributed by atoms with Crippen molar-refractivity contribution in [1.29, 1.82) is 0 Å². The van der Waals surface area contributed by atoms with Gasteiger partial charge in [0.15, 0.2) is 11.4 Å². The summed E-state index contributed by atoms with van der Waals surface area (Å²) < 4.78 is 13.0. The third-order valence-electron chi connectivity index (χ3n) is 4.29. The molecule has 0 fully saturated rings. The number of halogens is 1. The molecule has 7 heteroatoms. The van der Waals surface area contributed by atoms with E-state index in [1.807, 2.05) is 6.92 Å². The molecule has 0 saturated carbocycles.